The Balaban J connectivity index is 2.17. The largest absolute Gasteiger partial charge is 0.477 e. The lowest BCUT2D eigenvalue weighted by atomic mass is 10.1. The Morgan fingerprint density at radius 2 is 2.24 bits per heavy atom. The first-order chi connectivity index (χ1) is 7.99. The summed E-state index contributed by atoms with van der Waals surface area (Å²) in [5.74, 6) is -0.956. The van der Waals surface area contributed by atoms with Crippen LogP contribution >= 0.6 is 22.7 Å². The van der Waals surface area contributed by atoms with Gasteiger partial charge < -0.3 is 10.4 Å². The fourth-order valence-corrected chi connectivity index (χ4v) is 2.81. The van der Waals surface area contributed by atoms with E-state index < -0.39 is 5.97 Å². The minimum atomic E-state index is -0.956. The van der Waals surface area contributed by atoms with Gasteiger partial charge in [-0.05, 0) is 13.8 Å². The highest BCUT2D eigenvalue weighted by Crippen LogP contribution is 2.29. The lowest BCUT2D eigenvalue weighted by Crippen LogP contribution is -2.27. The molecule has 0 saturated carbocycles. The molecule has 0 amide bonds. The highest BCUT2D eigenvalue weighted by atomic mass is 32.1. The summed E-state index contributed by atoms with van der Waals surface area (Å²) in [6.45, 7) is 3.96. The third kappa shape index (κ3) is 2.62. The molecule has 0 radical (unpaired) electrons. The van der Waals surface area contributed by atoms with E-state index in [0.29, 0.717) is 5.13 Å². The van der Waals surface area contributed by atoms with Gasteiger partial charge in [0.2, 0.25) is 0 Å². The van der Waals surface area contributed by atoms with Crippen LogP contribution in [0.25, 0.3) is 0 Å². The van der Waals surface area contributed by atoms with Crippen LogP contribution in [0.5, 0.6) is 0 Å². The molecule has 7 heteroatoms. The summed E-state index contributed by atoms with van der Waals surface area (Å²) in [5, 5.41) is 15.4. The van der Waals surface area contributed by atoms with E-state index in [9.17, 15) is 4.79 Å². The van der Waals surface area contributed by atoms with Crippen molar-refractivity contribution in [1.82, 2.24) is 9.97 Å². The van der Waals surface area contributed by atoms with Crippen molar-refractivity contribution in [3.8, 4) is 0 Å². The van der Waals surface area contributed by atoms with Crippen molar-refractivity contribution < 1.29 is 9.90 Å². The molecule has 0 aliphatic heterocycles. The fourth-order valence-electron chi connectivity index (χ4n) is 1.28. The Morgan fingerprint density at radius 3 is 2.76 bits per heavy atom. The second kappa shape index (κ2) is 4.42. The number of hydrogen-bond donors (Lipinski definition) is 2. The van der Waals surface area contributed by atoms with Gasteiger partial charge in [0.05, 0.1) is 11.7 Å². The lowest BCUT2D eigenvalue weighted by molar-refractivity contribution is 0.0702. The van der Waals surface area contributed by atoms with Gasteiger partial charge in [-0.25, -0.2) is 14.8 Å². The maximum absolute atomic E-state index is 10.7. The van der Waals surface area contributed by atoms with E-state index in [4.69, 9.17) is 5.11 Å². The summed E-state index contributed by atoms with van der Waals surface area (Å²) < 4.78 is 0. The average molecular weight is 269 g/mol. The van der Waals surface area contributed by atoms with E-state index in [1.165, 1.54) is 6.20 Å². The summed E-state index contributed by atoms with van der Waals surface area (Å²) in [7, 11) is 0. The summed E-state index contributed by atoms with van der Waals surface area (Å²) in [6, 6.07) is 0. The Labute approximate surface area is 106 Å². The zero-order valence-corrected chi connectivity index (χ0v) is 10.9. The van der Waals surface area contributed by atoms with Gasteiger partial charge in [-0.15, -0.1) is 11.3 Å². The number of rotatable bonds is 4. The molecule has 0 aliphatic carbocycles. The molecule has 5 nitrogen and oxygen atoms in total. The minimum Gasteiger partial charge on any atom is -0.477 e. The maximum Gasteiger partial charge on any atom is 0.347 e. The van der Waals surface area contributed by atoms with Gasteiger partial charge in [0.15, 0.2) is 5.13 Å². The topological polar surface area (TPSA) is 75.1 Å². The van der Waals surface area contributed by atoms with Crippen molar-refractivity contribution in [2.45, 2.75) is 19.4 Å². The molecule has 2 aromatic rings. The van der Waals surface area contributed by atoms with Crippen LogP contribution in [-0.4, -0.2) is 21.0 Å². The second-order valence-corrected chi connectivity index (χ2v) is 5.85. The van der Waals surface area contributed by atoms with Gasteiger partial charge >= 0.3 is 5.97 Å². The van der Waals surface area contributed by atoms with Crippen molar-refractivity contribution >= 4 is 33.8 Å². The molecule has 2 rings (SSSR count). The molecule has 0 bridgehead atoms. The minimum absolute atomic E-state index is 0.224. The standard InChI is InChI=1S/C10H11N3O2S2/c1-10(2,8-11-3-4-16-8)13-9-12-5-6(17-9)7(14)15/h3-5H,1-2H3,(H,12,13)(H,14,15). The van der Waals surface area contributed by atoms with Gasteiger partial charge in [-0.2, -0.15) is 0 Å². The van der Waals surface area contributed by atoms with Gasteiger partial charge in [0.25, 0.3) is 0 Å². The van der Waals surface area contributed by atoms with E-state index >= 15 is 0 Å². The molecule has 0 saturated heterocycles. The Hall–Kier alpha value is -1.47. The van der Waals surface area contributed by atoms with Crippen LogP contribution in [0.4, 0.5) is 5.13 Å². The summed E-state index contributed by atoms with van der Waals surface area (Å²) in [5.41, 5.74) is -0.359. The molecule has 0 fully saturated rings. The molecule has 0 atom stereocenters. The highest BCUT2D eigenvalue weighted by Gasteiger charge is 2.24. The van der Waals surface area contributed by atoms with Crippen LogP contribution in [-0.2, 0) is 5.54 Å². The van der Waals surface area contributed by atoms with Crippen molar-refractivity contribution in [3.63, 3.8) is 0 Å². The zero-order valence-electron chi connectivity index (χ0n) is 9.30. The molecule has 2 heterocycles. The number of carboxylic acid groups (broad SMARTS) is 1. The van der Waals surface area contributed by atoms with Crippen molar-refractivity contribution in [3.05, 3.63) is 27.7 Å². The maximum atomic E-state index is 10.7. The van der Waals surface area contributed by atoms with Crippen LogP contribution in [0.2, 0.25) is 0 Å². The number of thiazole rings is 2. The van der Waals surface area contributed by atoms with Crippen LogP contribution in [0.15, 0.2) is 17.8 Å². The lowest BCUT2D eigenvalue weighted by Gasteiger charge is -2.23. The molecule has 0 aliphatic rings. The number of carbonyl (C=O) groups is 1. The molecule has 0 unspecified atom stereocenters. The first kappa shape index (κ1) is 12.0. The van der Waals surface area contributed by atoms with Gasteiger partial charge in [-0.3, -0.25) is 0 Å². The number of hydrogen-bond acceptors (Lipinski definition) is 6. The Kier molecular flexibility index (Phi) is 3.12. The molecule has 90 valence electrons. The molecule has 2 aromatic heterocycles. The summed E-state index contributed by atoms with van der Waals surface area (Å²) >= 11 is 2.67. The molecule has 0 spiro atoms. The predicted molar refractivity (Wildman–Crippen MR) is 67.8 cm³/mol. The first-order valence-corrected chi connectivity index (χ1v) is 6.56. The molecular weight excluding hydrogens is 258 g/mol. The quantitative estimate of drug-likeness (QED) is 0.892. The number of aromatic carboxylic acids is 1. The molecule has 17 heavy (non-hydrogen) atoms. The number of nitrogens with zero attached hydrogens (tertiary/aromatic N) is 2. The first-order valence-electron chi connectivity index (χ1n) is 4.86. The Bertz CT molecular complexity index is 519. The fraction of sp³-hybridized carbons (Fsp3) is 0.300. The van der Waals surface area contributed by atoms with Gasteiger partial charge in [0.1, 0.15) is 9.88 Å². The van der Waals surface area contributed by atoms with E-state index in [-0.39, 0.29) is 10.4 Å². The van der Waals surface area contributed by atoms with Gasteiger partial charge in [-0.1, -0.05) is 11.3 Å². The predicted octanol–water partition coefficient (Wildman–Crippen LogP) is 2.65. The van der Waals surface area contributed by atoms with E-state index in [0.717, 1.165) is 16.3 Å². The van der Waals surface area contributed by atoms with Crippen molar-refractivity contribution in [1.29, 1.82) is 0 Å². The molecule has 0 aromatic carbocycles. The van der Waals surface area contributed by atoms with Crippen LogP contribution in [0, 0.1) is 0 Å². The van der Waals surface area contributed by atoms with Crippen molar-refractivity contribution in [2.24, 2.45) is 0 Å². The average Bonchev–Trinajstić information content (AvgIpc) is 2.85. The van der Waals surface area contributed by atoms with Crippen LogP contribution < -0.4 is 5.32 Å². The monoisotopic (exact) mass is 269 g/mol. The summed E-state index contributed by atoms with van der Waals surface area (Å²) in [6.07, 6.45) is 3.10. The number of aromatic nitrogens is 2. The SMILES string of the molecule is CC(C)(Nc1ncc(C(=O)O)s1)c1nccs1. The van der Waals surface area contributed by atoms with E-state index in [1.54, 1.807) is 17.5 Å². The third-order valence-corrected chi connectivity index (χ3v) is 4.10. The molecule has 2 N–H and O–H groups in total. The second-order valence-electron chi connectivity index (χ2n) is 3.92. The highest BCUT2D eigenvalue weighted by molar-refractivity contribution is 7.17. The summed E-state index contributed by atoms with van der Waals surface area (Å²) in [4.78, 5) is 19.2. The third-order valence-electron chi connectivity index (χ3n) is 2.10. The van der Waals surface area contributed by atoms with E-state index in [2.05, 4.69) is 15.3 Å². The molecular formula is C10H11N3O2S2. The van der Waals surface area contributed by atoms with Gasteiger partial charge in [0, 0.05) is 11.6 Å². The van der Waals surface area contributed by atoms with Crippen LogP contribution in [0.3, 0.4) is 0 Å². The van der Waals surface area contributed by atoms with E-state index in [1.807, 2.05) is 19.2 Å². The normalized spacial score (nSPS) is 11.4. The zero-order chi connectivity index (χ0) is 12.5. The number of carboxylic acids is 1. The number of anilines is 1. The number of nitrogens with one attached hydrogen (secondary N) is 1. The van der Waals surface area contributed by atoms with Crippen LogP contribution in [0.1, 0.15) is 28.5 Å². The Morgan fingerprint density at radius 1 is 1.47 bits per heavy atom. The smallest absolute Gasteiger partial charge is 0.347 e. The van der Waals surface area contributed by atoms with Crippen molar-refractivity contribution in [2.75, 3.05) is 5.32 Å².